The van der Waals surface area contributed by atoms with Crippen molar-refractivity contribution >= 4 is 46.4 Å². The average molecular weight is 401 g/mol. The van der Waals surface area contributed by atoms with Crippen molar-refractivity contribution in [1.82, 2.24) is 0 Å². The smallest absolute Gasteiger partial charge is 0.255 e. The molecule has 0 fully saturated rings. The second kappa shape index (κ2) is 9.33. The highest BCUT2D eigenvalue weighted by molar-refractivity contribution is 6.38. The number of unbranched alkanes of at least 4 members (excludes halogenated alkanes) is 2. The van der Waals surface area contributed by atoms with E-state index in [4.69, 9.17) is 39.5 Å². The van der Waals surface area contributed by atoms with E-state index in [0.29, 0.717) is 38.7 Å². The van der Waals surface area contributed by atoms with Crippen LogP contribution in [0.15, 0.2) is 30.3 Å². The number of benzene rings is 2. The van der Waals surface area contributed by atoms with Crippen molar-refractivity contribution in [1.29, 1.82) is 0 Å². The quantitative estimate of drug-likeness (QED) is 0.520. The lowest BCUT2D eigenvalue weighted by molar-refractivity contribution is 0.102. The largest absolute Gasteiger partial charge is 0.490 e. The third-order valence-electron chi connectivity index (χ3n) is 3.68. The molecule has 3 nitrogen and oxygen atoms in total. The van der Waals surface area contributed by atoms with Gasteiger partial charge in [0.05, 0.1) is 16.7 Å². The van der Waals surface area contributed by atoms with E-state index in [1.165, 1.54) is 0 Å². The van der Waals surface area contributed by atoms with Crippen LogP contribution in [0, 0.1) is 6.92 Å². The first-order valence-electron chi connectivity index (χ1n) is 8.11. The molecule has 2 aromatic carbocycles. The van der Waals surface area contributed by atoms with Crippen molar-refractivity contribution in [2.24, 2.45) is 0 Å². The Bertz CT molecular complexity index is 739. The van der Waals surface area contributed by atoms with Crippen molar-refractivity contribution in [2.45, 2.75) is 33.1 Å². The molecule has 0 bridgehead atoms. The summed E-state index contributed by atoms with van der Waals surface area (Å²) >= 11 is 18.5. The fraction of sp³-hybridized carbons (Fsp3) is 0.316. The van der Waals surface area contributed by atoms with E-state index in [9.17, 15) is 4.79 Å². The van der Waals surface area contributed by atoms with Gasteiger partial charge in [-0.1, -0.05) is 60.6 Å². The van der Waals surface area contributed by atoms with Crippen LogP contribution in [0.1, 0.15) is 42.1 Å². The van der Waals surface area contributed by atoms with Crippen molar-refractivity contribution in [2.75, 3.05) is 11.9 Å². The fourth-order valence-electron chi connectivity index (χ4n) is 2.23. The number of hydrogen-bond acceptors (Lipinski definition) is 2. The Morgan fingerprint density at radius 3 is 2.32 bits per heavy atom. The summed E-state index contributed by atoms with van der Waals surface area (Å²) in [5.41, 5.74) is 1.90. The number of halogens is 3. The Morgan fingerprint density at radius 1 is 1.04 bits per heavy atom. The molecule has 0 aliphatic rings. The van der Waals surface area contributed by atoms with Gasteiger partial charge in [0.1, 0.15) is 0 Å². The van der Waals surface area contributed by atoms with Crippen LogP contribution in [0.5, 0.6) is 5.75 Å². The fourth-order valence-corrected chi connectivity index (χ4v) is 3.01. The summed E-state index contributed by atoms with van der Waals surface area (Å²) in [5.74, 6) is 0.0932. The number of ether oxygens (including phenoxy) is 1. The minimum atomic E-state index is -0.318. The summed E-state index contributed by atoms with van der Waals surface area (Å²) in [4.78, 5) is 12.4. The lowest BCUT2D eigenvalue weighted by atomic mass is 10.2. The lowest BCUT2D eigenvalue weighted by Crippen LogP contribution is -2.12. The summed E-state index contributed by atoms with van der Waals surface area (Å²) < 4.78 is 5.64. The topological polar surface area (TPSA) is 38.3 Å². The third kappa shape index (κ3) is 5.53. The SMILES string of the molecule is CCCCCOc1c(Cl)cc(C(=O)Nc2ccc(C)c(Cl)c2)cc1Cl. The zero-order valence-electron chi connectivity index (χ0n) is 14.2. The Balaban J connectivity index is 2.10. The molecule has 0 spiro atoms. The number of carbonyl (C=O) groups is 1. The Morgan fingerprint density at radius 2 is 1.72 bits per heavy atom. The van der Waals surface area contributed by atoms with Crippen LogP contribution in [-0.4, -0.2) is 12.5 Å². The van der Waals surface area contributed by atoms with Crippen molar-refractivity contribution in [3.05, 3.63) is 56.5 Å². The first kappa shape index (κ1) is 19.9. The average Bonchev–Trinajstić information content (AvgIpc) is 2.56. The number of aryl methyl sites for hydroxylation is 1. The van der Waals surface area contributed by atoms with Gasteiger partial charge in [0.2, 0.25) is 0 Å². The first-order valence-corrected chi connectivity index (χ1v) is 9.25. The van der Waals surface area contributed by atoms with E-state index in [1.54, 1.807) is 24.3 Å². The van der Waals surface area contributed by atoms with Gasteiger partial charge in [0.15, 0.2) is 5.75 Å². The van der Waals surface area contributed by atoms with Gasteiger partial charge >= 0.3 is 0 Å². The number of hydrogen-bond donors (Lipinski definition) is 1. The Labute approximate surface area is 163 Å². The molecule has 0 aliphatic heterocycles. The molecule has 25 heavy (non-hydrogen) atoms. The van der Waals surface area contributed by atoms with Crippen LogP contribution in [0.2, 0.25) is 15.1 Å². The molecule has 2 rings (SSSR count). The van der Waals surface area contributed by atoms with Gasteiger partial charge in [0, 0.05) is 16.3 Å². The maximum atomic E-state index is 12.4. The zero-order valence-corrected chi connectivity index (χ0v) is 16.4. The van der Waals surface area contributed by atoms with Gasteiger partial charge < -0.3 is 10.1 Å². The predicted molar refractivity (Wildman–Crippen MR) is 106 cm³/mol. The molecule has 0 unspecified atom stereocenters. The molecule has 1 N–H and O–H groups in total. The summed E-state index contributed by atoms with van der Waals surface area (Å²) in [7, 11) is 0. The van der Waals surface area contributed by atoms with Crippen molar-refractivity contribution in [3.8, 4) is 5.75 Å². The Hall–Kier alpha value is -1.42. The van der Waals surface area contributed by atoms with E-state index in [0.717, 1.165) is 24.8 Å². The Kier molecular flexibility index (Phi) is 7.42. The van der Waals surface area contributed by atoms with Crippen molar-refractivity contribution in [3.63, 3.8) is 0 Å². The highest BCUT2D eigenvalue weighted by atomic mass is 35.5. The van der Waals surface area contributed by atoms with E-state index in [1.807, 2.05) is 13.0 Å². The molecule has 6 heteroatoms. The first-order chi connectivity index (χ1) is 11.9. The molecule has 2 aromatic rings. The summed E-state index contributed by atoms with van der Waals surface area (Å²) in [5, 5.41) is 4.00. The summed E-state index contributed by atoms with van der Waals surface area (Å²) in [6.45, 7) is 4.56. The number of amides is 1. The molecule has 0 heterocycles. The van der Waals surface area contributed by atoms with Gasteiger partial charge in [-0.2, -0.15) is 0 Å². The summed E-state index contributed by atoms with van der Waals surface area (Å²) in [6, 6.07) is 8.42. The monoisotopic (exact) mass is 399 g/mol. The van der Waals surface area contributed by atoms with Gasteiger partial charge in [0.25, 0.3) is 5.91 Å². The van der Waals surface area contributed by atoms with Gasteiger partial charge in [-0.05, 0) is 43.2 Å². The molecule has 1 amide bonds. The van der Waals surface area contributed by atoms with E-state index < -0.39 is 0 Å². The molecular weight excluding hydrogens is 381 g/mol. The standard InChI is InChI=1S/C19H20Cl3NO2/c1-3-4-5-8-25-18-16(21)9-13(10-17(18)22)19(24)23-14-7-6-12(2)15(20)11-14/h6-7,9-11H,3-5,8H2,1-2H3,(H,23,24). The highest BCUT2D eigenvalue weighted by Gasteiger charge is 2.14. The number of rotatable bonds is 7. The van der Waals surface area contributed by atoms with Crippen LogP contribution < -0.4 is 10.1 Å². The van der Waals surface area contributed by atoms with Gasteiger partial charge in [-0.25, -0.2) is 0 Å². The predicted octanol–water partition coefficient (Wildman–Crippen LogP) is 6.78. The molecule has 134 valence electrons. The van der Waals surface area contributed by atoms with E-state index >= 15 is 0 Å². The highest BCUT2D eigenvalue weighted by Crippen LogP contribution is 2.34. The van der Waals surface area contributed by atoms with Crippen LogP contribution in [0.4, 0.5) is 5.69 Å². The maximum Gasteiger partial charge on any atom is 0.255 e. The second-order valence-electron chi connectivity index (χ2n) is 5.74. The maximum absolute atomic E-state index is 12.4. The molecular formula is C19H20Cl3NO2. The number of anilines is 1. The second-order valence-corrected chi connectivity index (χ2v) is 6.96. The van der Waals surface area contributed by atoms with Crippen LogP contribution >= 0.6 is 34.8 Å². The van der Waals surface area contributed by atoms with E-state index in [2.05, 4.69) is 12.2 Å². The molecule has 0 radical (unpaired) electrons. The van der Waals surface area contributed by atoms with Gasteiger partial charge in [-0.15, -0.1) is 0 Å². The zero-order chi connectivity index (χ0) is 18.4. The minimum absolute atomic E-state index is 0.316. The van der Waals surface area contributed by atoms with Gasteiger partial charge in [-0.3, -0.25) is 4.79 Å². The van der Waals surface area contributed by atoms with Crippen molar-refractivity contribution < 1.29 is 9.53 Å². The number of carbonyl (C=O) groups excluding carboxylic acids is 1. The van der Waals surface area contributed by atoms with Crippen LogP contribution in [0.3, 0.4) is 0 Å². The number of nitrogens with one attached hydrogen (secondary N) is 1. The molecule has 0 saturated heterocycles. The normalized spacial score (nSPS) is 10.6. The van der Waals surface area contributed by atoms with Crippen LogP contribution in [0.25, 0.3) is 0 Å². The molecule has 0 atom stereocenters. The third-order valence-corrected chi connectivity index (χ3v) is 4.65. The lowest BCUT2D eigenvalue weighted by Gasteiger charge is -2.12. The summed E-state index contributed by atoms with van der Waals surface area (Å²) in [6.07, 6.45) is 3.11. The molecule has 0 aliphatic carbocycles. The van der Waals surface area contributed by atoms with E-state index in [-0.39, 0.29) is 5.91 Å². The molecule has 0 saturated carbocycles. The molecule has 0 aromatic heterocycles. The minimum Gasteiger partial charge on any atom is -0.490 e. The van der Waals surface area contributed by atoms with Crippen LogP contribution in [-0.2, 0) is 0 Å².